The molecule has 3 aliphatic heterocycles. The molecule has 1 N–H and O–H groups in total. The maximum atomic E-state index is 12.9. The molecule has 6 heteroatoms. The average molecular weight is 495 g/mol. The van der Waals surface area contributed by atoms with E-state index in [9.17, 15) is 9.90 Å². The van der Waals surface area contributed by atoms with Crippen molar-refractivity contribution < 1.29 is 9.52 Å². The number of benzene rings is 1. The van der Waals surface area contributed by atoms with Gasteiger partial charge < -0.3 is 9.52 Å². The molecule has 5 aliphatic rings. The number of hydrogen-bond donors (Lipinski definition) is 1. The summed E-state index contributed by atoms with van der Waals surface area (Å²) in [6, 6.07) is 2.96. The van der Waals surface area contributed by atoms with Crippen molar-refractivity contribution in [3.05, 3.63) is 49.8 Å². The van der Waals surface area contributed by atoms with Crippen molar-refractivity contribution in [1.82, 2.24) is 9.80 Å². The minimum atomic E-state index is -0.238. The molecule has 5 nitrogen and oxygen atoms in total. The van der Waals surface area contributed by atoms with Gasteiger partial charge >= 0.3 is 5.63 Å². The molecule has 2 aromatic rings. The van der Waals surface area contributed by atoms with Crippen LogP contribution in [0.15, 0.2) is 26.9 Å². The molecule has 35 heavy (non-hydrogen) atoms. The van der Waals surface area contributed by atoms with Crippen molar-refractivity contribution in [3.8, 4) is 5.75 Å². The van der Waals surface area contributed by atoms with Gasteiger partial charge in [-0.05, 0) is 94.3 Å². The zero-order valence-electron chi connectivity index (χ0n) is 20.4. The Morgan fingerprint density at radius 3 is 2.80 bits per heavy atom. The topological polar surface area (TPSA) is 56.9 Å². The third-order valence-electron chi connectivity index (χ3n) is 9.66. The molecular weight excluding hydrogens is 460 g/mol. The van der Waals surface area contributed by atoms with Gasteiger partial charge in [0, 0.05) is 36.1 Å². The number of phenols is 1. The van der Waals surface area contributed by atoms with E-state index in [0.29, 0.717) is 40.6 Å². The molecule has 186 valence electrons. The second-order valence-corrected chi connectivity index (χ2v) is 12.0. The quantitative estimate of drug-likeness (QED) is 0.446. The smallest absolute Gasteiger partial charge is 0.339 e. The number of rotatable bonds is 2. The van der Waals surface area contributed by atoms with Crippen LogP contribution >= 0.6 is 11.6 Å². The minimum absolute atomic E-state index is 0.0719. The molecule has 2 unspecified atom stereocenters. The zero-order valence-corrected chi connectivity index (χ0v) is 21.2. The van der Waals surface area contributed by atoms with Crippen LogP contribution in [0.25, 0.3) is 11.0 Å². The van der Waals surface area contributed by atoms with Gasteiger partial charge in [-0.15, -0.1) is 0 Å². The molecule has 3 fully saturated rings. The van der Waals surface area contributed by atoms with Gasteiger partial charge in [-0.1, -0.05) is 29.7 Å². The van der Waals surface area contributed by atoms with Gasteiger partial charge in [-0.25, -0.2) is 4.79 Å². The summed E-state index contributed by atoms with van der Waals surface area (Å²) in [6.45, 7) is 3.99. The monoisotopic (exact) mass is 494 g/mol. The Bertz CT molecular complexity index is 1270. The van der Waals surface area contributed by atoms with E-state index in [1.807, 2.05) is 6.07 Å². The van der Waals surface area contributed by atoms with Crippen LogP contribution in [0.4, 0.5) is 0 Å². The van der Waals surface area contributed by atoms with Crippen molar-refractivity contribution in [2.24, 2.45) is 11.8 Å². The van der Waals surface area contributed by atoms with Crippen molar-refractivity contribution in [2.75, 3.05) is 19.6 Å². The first kappa shape index (κ1) is 22.4. The molecule has 4 atom stereocenters. The second-order valence-electron chi connectivity index (χ2n) is 11.6. The van der Waals surface area contributed by atoms with Gasteiger partial charge in [-0.3, -0.25) is 9.80 Å². The highest BCUT2D eigenvalue weighted by atomic mass is 35.5. The first-order valence-electron chi connectivity index (χ1n) is 13.8. The van der Waals surface area contributed by atoms with Crippen LogP contribution in [0, 0.1) is 11.8 Å². The minimum Gasteiger partial charge on any atom is -0.506 e. The molecule has 7 rings (SSSR count). The summed E-state index contributed by atoms with van der Waals surface area (Å²) in [6.07, 6.45) is 14.0. The summed E-state index contributed by atoms with van der Waals surface area (Å²) in [7, 11) is 0. The number of nitrogens with zero attached hydrogens (tertiary/aromatic N) is 2. The highest BCUT2D eigenvalue weighted by Gasteiger charge is 2.46. The van der Waals surface area contributed by atoms with Crippen LogP contribution in [-0.2, 0) is 19.4 Å². The fraction of sp³-hybridized carbons (Fsp3) is 0.621. The van der Waals surface area contributed by atoms with Crippen molar-refractivity contribution in [1.29, 1.82) is 0 Å². The summed E-state index contributed by atoms with van der Waals surface area (Å²) >= 11 is 6.58. The molecule has 2 bridgehead atoms. The highest BCUT2D eigenvalue weighted by molar-refractivity contribution is 6.33. The fourth-order valence-corrected chi connectivity index (χ4v) is 8.43. The lowest BCUT2D eigenvalue weighted by Gasteiger charge is -2.54. The van der Waals surface area contributed by atoms with Crippen LogP contribution in [0.1, 0.15) is 68.1 Å². The summed E-state index contributed by atoms with van der Waals surface area (Å²) in [5.41, 5.74) is 4.48. The first-order chi connectivity index (χ1) is 17.1. The van der Waals surface area contributed by atoms with Crippen molar-refractivity contribution >= 4 is 22.6 Å². The van der Waals surface area contributed by atoms with Gasteiger partial charge in [0.05, 0.1) is 10.6 Å². The van der Waals surface area contributed by atoms with E-state index < -0.39 is 0 Å². The Kier molecular flexibility index (Phi) is 5.52. The van der Waals surface area contributed by atoms with Gasteiger partial charge in [0.25, 0.3) is 0 Å². The summed E-state index contributed by atoms with van der Waals surface area (Å²) in [5, 5.41) is 12.4. The number of likely N-dealkylation sites (tertiary alicyclic amines) is 1. The highest BCUT2D eigenvalue weighted by Crippen LogP contribution is 2.46. The van der Waals surface area contributed by atoms with E-state index in [1.54, 1.807) is 5.57 Å². The second kappa shape index (κ2) is 8.64. The van der Waals surface area contributed by atoms with Crippen LogP contribution in [0.3, 0.4) is 0 Å². The van der Waals surface area contributed by atoms with Crippen LogP contribution in [0.2, 0.25) is 5.02 Å². The molecule has 3 saturated heterocycles. The first-order valence-corrected chi connectivity index (χ1v) is 14.1. The van der Waals surface area contributed by atoms with E-state index in [2.05, 4.69) is 15.9 Å². The molecule has 0 amide bonds. The van der Waals surface area contributed by atoms with E-state index in [1.165, 1.54) is 45.2 Å². The number of aromatic hydroxyl groups is 1. The fourth-order valence-electron chi connectivity index (χ4n) is 8.21. The lowest BCUT2D eigenvalue weighted by Crippen LogP contribution is -2.59. The van der Waals surface area contributed by atoms with Gasteiger partial charge in [-0.2, -0.15) is 0 Å². The molecule has 0 spiro atoms. The maximum absolute atomic E-state index is 12.9. The van der Waals surface area contributed by atoms with Crippen molar-refractivity contribution in [3.63, 3.8) is 0 Å². The summed E-state index contributed by atoms with van der Waals surface area (Å²) in [4.78, 5) is 18.2. The van der Waals surface area contributed by atoms with Gasteiger partial charge in [0.2, 0.25) is 0 Å². The van der Waals surface area contributed by atoms with Crippen molar-refractivity contribution in [2.45, 2.75) is 82.8 Å². The predicted molar refractivity (Wildman–Crippen MR) is 138 cm³/mol. The Hall–Kier alpha value is -1.82. The Balaban J connectivity index is 1.29. The number of hydrogen-bond acceptors (Lipinski definition) is 5. The Morgan fingerprint density at radius 2 is 1.91 bits per heavy atom. The zero-order chi connectivity index (χ0) is 23.7. The molecule has 0 radical (unpaired) electrons. The molecule has 4 heterocycles. The maximum Gasteiger partial charge on any atom is 0.339 e. The van der Waals surface area contributed by atoms with Crippen LogP contribution < -0.4 is 5.63 Å². The number of fused-ring (bicyclic) bond motifs is 9. The number of phenolic OH excluding ortho intramolecular Hbond substituents is 1. The van der Waals surface area contributed by atoms with E-state index in [4.69, 9.17) is 16.0 Å². The Morgan fingerprint density at radius 1 is 1.06 bits per heavy atom. The number of aryl methyl sites for hydroxylation is 1. The van der Waals surface area contributed by atoms with Gasteiger partial charge in [0.1, 0.15) is 11.3 Å². The molecular formula is C29H35ClN2O3. The SMILES string of the molecule is O=c1oc2c(CN3CCCC4=CC5CC(CN6CCCC[C@H]56)[C@@H]43)c(O)c(Cl)cc2c2c1CCCC2. The van der Waals surface area contributed by atoms with Crippen LogP contribution in [0.5, 0.6) is 5.75 Å². The van der Waals surface area contributed by atoms with E-state index >= 15 is 0 Å². The normalized spacial score (nSPS) is 30.9. The average Bonchev–Trinajstić information content (AvgIpc) is 2.88. The summed E-state index contributed by atoms with van der Waals surface area (Å²) in [5.74, 6) is 1.40. The largest absolute Gasteiger partial charge is 0.506 e. The predicted octanol–water partition coefficient (Wildman–Crippen LogP) is 5.43. The lowest BCUT2D eigenvalue weighted by molar-refractivity contribution is -0.00274. The van der Waals surface area contributed by atoms with E-state index in [-0.39, 0.29) is 11.4 Å². The molecule has 0 saturated carbocycles. The standard InChI is InChI=1S/C29H35ClN2O3/c30-24-14-22-20-7-1-2-8-21(20)29(34)35-28(22)23(27(24)33)16-32-11-5-6-17-12-18-13-19(26(17)32)15-31-10-4-3-9-25(18)31/h12,14,18-19,25-26,33H,1-11,13,15-16H2/t18?,19?,25-,26-/m1/s1. The number of piperidine rings is 3. The summed E-state index contributed by atoms with van der Waals surface area (Å²) < 4.78 is 5.93. The molecule has 1 aromatic heterocycles. The van der Waals surface area contributed by atoms with Crippen LogP contribution in [-0.4, -0.2) is 46.6 Å². The Labute approximate surface area is 211 Å². The van der Waals surface area contributed by atoms with Gasteiger partial charge in [0.15, 0.2) is 0 Å². The lowest BCUT2D eigenvalue weighted by atomic mass is 9.68. The third kappa shape index (κ3) is 3.60. The van der Waals surface area contributed by atoms with E-state index in [0.717, 1.165) is 61.2 Å². The number of halogens is 1. The third-order valence-corrected chi connectivity index (χ3v) is 9.95. The molecule has 1 aromatic carbocycles. The molecule has 2 aliphatic carbocycles.